The van der Waals surface area contributed by atoms with Gasteiger partial charge < -0.3 is 9.26 Å². The first-order valence-electron chi connectivity index (χ1n) is 7.60. The van der Waals surface area contributed by atoms with Crippen molar-refractivity contribution in [2.24, 2.45) is 0 Å². The lowest BCUT2D eigenvalue weighted by Crippen LogP contribution is -2.47. The van der Waals surface area contributed by atoms with Crippen molar-refractivity contribution in [2.45, 2.75) is 6.54 Å². The molecule has 0 bridgehead atoms. The van der Waals surface area contributed by atoms with Crippen molar-refractivity contribution in [3.63, 3.8) is 0 Å². The predicted molar refractivity (Wildman–Crippen MR) is 88.0 cm³/mol. The molecule has 2 aromatic rings. The maximum atomic E-state index is 11.5. The largest absolute Gasteiger partial charge is 0.497 e. The molecule has 0 N–H and O–H groups in total. The fourth-order valence-corrected chi connectivity index (χ4v) is 3.41. The van der Waals surface area contributed by atoms with Crippen LogP contribution in [0.3, 0.4) is 0 Å². The van der Waals surface area contributed by atoms with Gasteiger partial charge in [0.2, 0.25) is 21.7 Å². The molecule has 1 fully saturated rings. The maximum absolute atomic E-state index is 11.5. The molecule has 0 radical (unpaired) electrons. The lowest BCUT2D eigenvalue weighted by atomic mass is 10.2. The summed E-state index contributed by atoms with van der Waals surface area (Å²) < 4.78 is 34.9. The van der Waals surface area contributed by atoms with E-state index in [1.807, 2.05) is 24.3 Å². The van der Waals surface area contributed by atoms with E-state index in [0.717, 1.165) is 11.3 Å². The van der Waals surface area contributed by atoms with Crippen molar-refractivity contribution in [3.05, 3.63) is 30.2 Å². The molecule has 1 aliphatic rings. The summed E-state index contributed by atoms with van der Waals surface area (Å²) in [4.78, 5) is 6.51. The molecule has 0 unspecified atom stereocenters. The van der Waals surface area contributed by atoms with Crippen LogP contribution in [-0.4, -0.2) is 67.3 Å². The zero-order valence-electron chi connectivity index (χ0n) is 13.7. The molecular weight excluding hydrogens is 332 g/mol. The van der Waals surface area contributed by atoms with E-state index in [-0.39, 0.29) is 0 Å². The van der Waals surface area contributed by atoms with Crippen molar-refractivity contribution < 1.29 is 17.7 Å². The number of benzene rings is 1. The molecule has 0 amide bonds. The Balaban J connectivity index is 1.60. The predicted octanol–water partition coefficient (Wildman–Crippen LogP) is 0.822. The number of rotatable bonds is 5. The second kappa shape index (κ2) is 6.88. The van der Waals surface area contributed by atoms with Gasteiger partial charge in [-0.2, -0.15) is 9.29 Å². The molecule has 0 saturated carbocycles. The van der Waals surface area contributed by atoms with Crippen molar-refractivity contribution in [1.82, 2.24) is 19.3 Å². The normalized spacial score (nSPS) is 17.1. The Hall–Kier alpha value is -1.97. The summed E-state index contributed by atoms with van der Waals surface area (Å²) in [6.45, 7) is 2.78. The Morgan fingerprint density at radius 3 is 2.42 bits per heavy atom. The molecule has 0 spiro atoms. The van der Waals surface area contributed by atoms with E-state index >= 15 is 0 Å². The Kier molecular flexibility index (Phi) is 4.83. The van der Waals surface area contributed by atoms with E-state index in [9.17, 15) is 8.42 Å². The van der Waals surface area contributed by atoms with E-state index in [0.29, 0.717) is 44.4 Å². The number of hydrogen-bond donors (Lipinski definition) is 0. The summed E-state index contributed by atoms with van der Waals surface area (Å²) in [6, 6.07) is 7.43. The summed E-state index contributed by atoms with van der Waals surface area (Å²) >= 11 is 0. The van der Waals surface area contributed by atoms with Gasteiger partial charge in [0, 0.05) is 31.7 Å². The van der Waals surface area contributed by atoms with E-state index < -0.39 is 10.0 Å². The van der Waals surface area contributed by atoms with Gasteiger partial charge in [-0.25, -0.2) is 8.42 Å². The Labute approximate surface area is 141 Å². The van der Waals surface area contributed by atoms with Crippen LogP contribution in [0.2, 0.25) is 0 Å². The molecule has 24 heavy (non-hydrogen) atoms. The first-order chi connectivity index (χ1) is 11.5. The van der Waals surface area contributed by atoms with Gasteiger partial charge in [0.25, 0.3) is 0 Å². The van der Waals surface area contributed by atoms with Gasteiger partial charge in [-0.3, -0.25) is 4.90 Å². The smallest absolute Gasteiger partial charge is 0.241 e. The van der Waals surface area contributed by atoms with E-state index in [1.54, 1.807) is 7.11 Å². The third kappa shape index (κ3) is 3.92. The van der Waals surface area contributed by atoms with Gasteiger partial charge in [-0.1, -0.05) is 5.16 Å². The van der Waals surface area contributed by atoms with Crippen molar-refractivity contribution in [1.29, 1.82) is 0 Å². The number of nitrogens with zero attached hydrogens (tertiary/aromatic N) is 4. The fourth-order valence-electron chi connectivity index (χ4n) is 2.59. The van der Waals surface area contributed by atoms with Crippen LogP contribution >= 0.6 is 0 Å². The minimum absolute atomic E-state index is 0.484. The molecule has 2 heterocycles. The molecule has 0 aliphatic carbocycles. The molecular formula is C15H20N4O4S. The van der Waals surface area contributed by atoms with Crippen molar-refractivity contribution in [2.75, 3.05) is 39.5 Å². The molecule has 1 aromatic carbocycles. The number of methoxy groups -OCH3 is 1. The average molecular weight is 352 g/mol. The SMILES string of the molecule is COc1ccc(-c2noc(CN3CCN(S(C)(=O)=O)CC3)n2)cc1. The third-order valence-corrected chi connectivity index (χ3v) is 5.28. The van der Waals surface area contributed by atoms with Crippen molar-refractivity contribution in [3.8, 4) is 17.1 Å². The van der Waals surface area contributed by atoms with Crippen LogP contribution in [0.25, 0.3) is 11.4 Å². The summed E-state index contributed by atoms with van der Waals surface area (Å²) in [5.41, 5.74) is 0.854. The lowest BCUT2D eigenvalue weighted by Gasteiger charge is -2.32. The second-order valence-corrected chi connectivity index (χ2v) is 7.66. The Morgan fingerprint density at radius 2 is 1.83 bits per heavy atom. The first-order valence-corrected chi connectivity index (χ1v) is 9.45. The fraction of sp³-hybridized carbons (Fsp3) is 0.467. The number of piperazine rings is 1. The first kappa shape index (κ1) is 16.9. The summed E-state index contributed by atoms with van der Waals surface area (Å²) in [5, 5.41) is 4.00. The molecule has 130 valence electrons. The van der Waals surface area contributed by atoms with Gasteiger partial charge in [0.05, 0.1) is 19.9 Å². The number of aromatic nitrogens is 2. The lowest BCUT2D eigenvalue weighted by molar-refractivity contribution is 0.164. The zero-order valence-corrected chi connectivity index (χ0v) is 14.5. The van der Waals surface area contributed by atoms with Crippen LogP contribution in [0.1, 0.15) is 5.89 Å². The maximum Gasteiger partial charge on any atom is 0.241 e. The Morgan fingerprint density at radius 1 is 1.17 bits per heavy atom. The summed E-state index contributed by atoms with van der Waals surface area (Å²) in [6.07, 6.45) is 1.24. The second-order valence-electron chi connectivity index (χ2n) is 5.68. The molecule has 9 heteroatoms. The van der Waals surface area contributed by atoms with Crippen LogP contribution in [0, 0.1) is 0 Å². The van der Waals surface area contributed by atoms with E-state index in [1.165, 1.54) is 10.6 Å². The van der Waals surface area contributed by atoms with Gasteiger partial charge in [-0.05, 0) is 24.3 Å². The molecule has 1 aliphatic heterocycles. The van der Waals surface area contributed by atoms with Gasteiger partial charge in [0.15, 0.2) is 0 Å². The van der Waals surface area contributed by atoms with Gasteiger partial charge >= 0.3 is 0 Å². The number of ether oxygens (including phenoxy) is 1. The highest BCUT2D eigenvalue weighted by Gasteiger charge is 2.24. The topological polar surface area (TPSA) is 88.8 Å². The molecule has 0 atom stereocenters. The van der Waals surface area contributed by atoms with Crippen molar-refractivity contribution >= 4 is 10.0 Å². The van der Waals surface area contributed by atoms with Gasteiger partial charge in [-0.15, -0.1) is 0 Å². The summed E-state index contributed by atoms with van der Waals surface area (Å²) in [7, 11) is -1.50. The van der Waals surface area contributed by atoms with Crippen LogP contribution in [0.15, 0.2) is 28.8 Å². The highest BCUT2D eigenvalue weighted by molar-refractivity contribution is 7.88. The minimum Gasteiger partial charge on any atom is -0.497 e. The molecule has 1 aromatic heterocycles. The minimum atomic E-state index is -3.11. The van der Waals surface area contributed by atoms with E-state index in [4.69, 9.17) is 9.26 Å². The zero-order chi connectivity index (χ0) is 17.2. The molecule has 3 rings (SSSR count). The van der Waals surface area contributed by atoms with Gasteiger partial charge in [0.1, 0.15) is 5.75 Å². The van der Waals surface area contributed by atoms with Crippen LogP contribution in [0.4, 0.5) is 0 Å². The van der Waals surface area contributed by atoms with Crippen LogP contribution < -0.4 is 4.74 Å². The van der Waals surface area contributed by atoms with Crippen LogP contribution in [0.5, 0.6) is 5.75 Å². The highest BCUT2D eigenvalue weighted by atomic mass is 32.2. The standard InChI is InChI=1S/C15H20N4O4S/c1-22-13-5-3-12(4-6-13)15-16-14(23-17-15)11-18-7-9-19(10-8-18)24(2,20)21/h3-6H,7-11H2,1-2H3. The number of sulfonamides is 1. The average Bonchev–Trinajstić information content (AvgIpc) is 3.03. The highest BCUT2D eigenvalue weighted by Crippen LogP contribution is 2.20. The summed E-state index contributed by atoms with van der Waals surface area (Å²) in [5.74, 6) is 1.82. The monoisotopic (exact) mass is 352 g/mol. The quantitative estimate of drug-likeness (QED) is 0.787. The van der Waals surface area contributed by atoms with Crippen LogP contribution in [-0.2, 0) is 16.6 Å². The number of hydrogen-bond acceptors (Lipinski definition) is 7. The third-order valence-electron chi connectivity index (χ3n) is 3.98. The van der Waals surface area contributed by atoms with E-state index in [2.05, 4.69) is 15.0 Å². The Bertz CT molecular complexity index is 780. The molecule has 8 nitrogen and oxygen atoms in total. The molecule has 1 saturated heterocycles.